The Kier molecular flexibility index (Phi) is 6.62. The van der Waals surface area contributed by atoms with E-state index in [2.05, 4.69) is 20.7 Å². The number of unbranched alkanes of at least 4 members (excludes halogenated alkanes) is 1. The molecular weight excluding hydrogens is 354 g/mol. The molecule has 0 spiro atoms. The summed E-state index contributed by atoms with van der Waals surface area (Å²) >= 11 is 0. The van der Waals surface area contributed by atoms with Gasteiger partial charge in [-0.1, -0.05) is 12.1 Å². The first-order valence-electron chi connectivity index (χ1n) is 9.31. The van der Waals surface area contributed by atoms with Crippen LogP contribution in [0.25, 0.3) is 5.69 Å². The first kappa shape index (κ1) is 19.4. The molecule has 0 saturated heterocycles. The average Bonchev–Trinajstić information content (AvgIpc) is 3.21. The molecule has 0 bridgehead atoms. The van der Waals surface area contributed by atoms with Gasteiger partial charge in [-0.3, -0.25) is 4.79 Å². The highest BCUT2D eigenvalue weighted by Crippen LogP contribution is 2.23. The van der Waals surface area contributed by atoms with Gasteiger partial charge in [0.25, 0.3) is 5.91 Å². The molecule has 1 aromatic carbocycles. The van der Waals surface area contributed by atoms with Crippen molar-refractivity contribution in [2.24, 2.45) is 0 Å². The van der Waals surface area contributed by atoms with E-state index in [1.165, 1.54) is 0 Å². The fourth-order valence-electron chi connectivity index (χ4n) is 2.78. The van der Waals surface area contributed by atoms with Gasteiger partial charge in [-0.15, -0.1) is 0 Å². The summed E-state index contributed by atoms with van der Waals surface area (Å²) < 4.78 is 7.05. The summed E-state index contributed by atoms with van der Waals surface area (Å²) in [5.41, 5.74) is 2.29. The standard InChI is InChI=1S/C21H25N5O2/c1-16-8-9-19(28-2)18(15-16)26-14-10-17(25-26)21(27)24-13-6-5-12-23-20-7-3-4-11-22-20/h3-4,7-11,14-15H,5-6,12-13H2,1-2H3,(H,22,23)(H,24,27). The summed E-state index contributed by atoms with van der Waals surface area (Å²) in [4.78, 5) is 16.5. The van der Waals surface area contributed by atoms with Crippen LogP contribution in [0.1, 0.15) is 28.9 Å². The number of carbonyl (C=O) groups is 1. The summed E-state index contributed by atoms with van der Waals surface area (Å²) in [6, 6.07) is 13.3. The van der Waals surface area contributed by atoms with Gasteiger partial charge in [-0.25, -0.2) is 9.67 Å². The minimum absolute atomic E-state index is 0.178. The first-order valence-corrected chi connectivity index (χ1v) is 9.31. The number of nitrogens with zero attached hydrogens (tertiary/aromatic N) is 3. The quantitative estimate of drug-likeness (QED) is 0.558. The number of nitrogens with one attached hydrogen (secondary N) is 2. The molecule has 0 atom stereocenters. The Hall–Kier alpha value is -3.35. The molecule has 0 saturated carbocycles. The van der Waals surface area contributed by atoms with Crippen LogP contribution in [0.3, 0.4) is 0 Å². The molecule has 28 heavy (non-hydrogen) atoms. The first-order chi connectivity index (χ1) is 13.7. The number of rotatable bonds is 9. The number of hydrogen-bond donors (Lipinski definition) is 2. The van der Waals surface area contributed by atoms with Gasteiger partial charge in [0.1, 0.15) is 17.3 Å². The maximum atomic E-state index is 12.3. The van der Waals surface area contributed by atoms with Crippen molar-refractivity contribution in [1.82, 2.24) is 20.1 Å². The number of carbonyl (C=O) groups excluding carboxylic acids is 1. The lowest BCUT2D eigenvalue weighted by atomic mass is 10.2. The second-order valence-electron chi connectivity index (χ2n) is 6.43. The normalized spacial score (nSPS) is 10.5. The monoisotopic (exact) mass is 379 g/mol. The zero-order valence-corrected chi connectivity index (χ0v) is 16.2. The number of aromatic nitrogens is 3. The molecule has 7 heteroatoms. The van der Waals surface area contributed by atoms with Crippen molar-refractivity contribution in [1.29, 1.82) is 0 Å². The second kappa shape index (κ2) is 9.55. The van der Waals surface area contributed by atoms with E-state index in [-0.39, 0.29) is 5.91 Å². The maximum Gasteiger partial charge on any atom is 0.271 e. The van der Waals surface area contributed by atoms with Crippen LogP contribution in [0.5, 0.6) is 5.75 Å². The van der Waals surface area contributed by atoms with E-state index >= 15 is 0 Å². The Morgan fingerprint density at radius 3 is 2.79 bits per heavy atom. The number of methoxy groups -OCH3 is 1. The SMILES string of the molecule is COc1ccc(C)cc1-n1ccc(C(=O)NCCCCNc2ccccn2)n1. The molecule has 1 amide bonds. The highest BCUT2D eigenvalue weighted by Gasteiger charge is 2.12. The molecular formula is C21H25N5O2. The van der Waals surface area contributed by atoms with Gasteiger partial charge < -0.3 is 15.4 Å². The van der Waals surface area contributed by atoms with E-state index < -0.39 is 0 Å². The molecule has 0 aliphatic rings. The van der Waals surface area contributed by atoms with E-state index in [1.54, 1.807) is 30.3 Å². The van der Waals surface area contributed by atoms with Crippen LogP contribution in [0.15, 0.2) is 54.9 Å². The number of pyridine rings is 1. The number of anilines is 1. The van der Waals surface area contributed by atoms with Crippen molar-refractivity contribution in [3.63, 3.8) is 0 Å². The fraction of sp³-hybridized carbons (Fsp3) is 0.286. The topological polar surface area (TPSA) is 81.1 Å². The third kappa shape index (κ3) is 5.09. The molecule has 3 aromatic rings. The number of amides is 1. The Labute approximate surface area is 164 Å². The Morgan fingerprint density at radius 2 is 2.00 bits per heavy atom. The van der Waals surface area contributed by atoms with Crippen LogP contribution < -0.4 is 15.4 Å². The molecule has 0 aliphatic heterocycles. The molecule has 146 valence electrons. The van der Waals surface area contributed by atoms with Crippen molar-refractivity contribution >= 4 is 11.7 Å². The van der Waals surface area contributed by atoms with E-state index in [1.807, 2.05) is 43.3 Å². The summed E-state index contributed by atoms with van der Waals surface area (Å²) in [6.07, 6.45) is 5.33. The van der Waals surface area contributed by atoms with Crippen LogP contribution in [-0.4, -0.2) is 40.9 Å². The van der Waals surface area contributed by atoms with Gasteiger partial charge in [0.05, 0.1) is 7.11 Å². The second-order valence-corrected chi connectivity index (χ2v) is 6.43. The summed E-state index contributed by atoms with van der Waals surface area (Å²) in [5, 5.41) is 10.6. The van der Waals surface area contributed by atoms with Crippen molar-refractivity contribution in [2.75, 3.05) is 25.5 Å². The number of ether oxygens (including phenoxy) is 1. The van der Waals surface area contributed by atoms with Crippen LogP contribution in [0, 0.1) is 6.92 Å². The molecule has 0 fully saturated rings. The van der Waals surface area contributed by atoms with Crippen LogP contribution in [-0.2, 0) is 0 Å². The van der Waals surface area contributed by atoms with Gasteiger partial charge in [0, 0.05) is 25.5 Å². The molecule has 0 radical (unpaired) electrons. The van der Waals surface area contributed by atoms with Crippen LogP contribution in [0.2, 0.25) is 0 Å². The Morgan fingerprint density at radius 1 is 1.14 bits per heavy atom. The number of hydrogen-bond acceptors (Lipinski definition) is 5. The molecule has 3 rings (SSSR count). The molecule has 0 aliphatic carbocycles. The van der Waals surface area contributed by atoms with Crippen LogP contribution >= 0.6 is 0 Å². The van der Waals surface area contributed by atoms with E-state index in [0.29, 0.717) is 18.0 Å². The minimum Gasteiger partial charge on any atom is -0.494 e. The molecule has 2 aromatic heterocycles. The highest BCUT2D eigenvalue weighted by atomic mass is 16.5. The van der Waals surface area contributed by atoms with Gasteiger partial charge >= 0.3 is 0 Å². The zero-order chi connectivity index (χ0) is 19.8. The largest absolute Gasteiger partial charge is 0.494 e. The molecule has 7 nitrogen and oxygen atoms in total. The lowest BCUT2D eigenvalue weighted by Gasteiger charge is -2.09. The summed E-state index contributed by atoms with van der Waals surface area (Å²) in [7, 11) is 1.62. The lowest BCUT2D eigenvalue weighted by molar-refractivity contribution is 0.0947. The third-order valence-electron chi connectivity index (χ3n) is 4.26. The van der Waals surface area contributed by atoms with Gasteiger partial charge in [-0.05, 0) is 55.7 Å². The van der Waals surface area contributed by atoms with Gasteiger partial charge in [-0.2, -0.15) is 5.10 Å². The van der Waals surface area contributed by atoms with E-state index in [9.17, 15) is 4.79 Å². The zero-order valence-electron chi connectivity index (χ0n) is 16.2. The van der Waals surface area contributed by atoms with Crippen molar-refractivity contribution < 1.29 is 9.53 Å². The third-order valence-corrected chi connectivity index (χ3v) is 4.26. The minimum atomic E-state index is -0.178. The maximum absolute atomic E-state index is 12.3. The Bertz CT molecular complexity index is 908. The summed E-state index contributed by atoms with van der Waals surface area (Å²) in [5.74, 6) is 1.40. The van der Waals surface area contributed by atoms with E-state index in [4.69, 9.17) is 4.74 Å². The van der Waals surface area contributed by atoms with Crippen LogP contribution in [0.4, 0.5) is 5.82 Å². The lowest BCUT2D eigenvalue weighted by Crippen LogP contribution is -2.25. The van der Waals surface area contributed by atoms with Crippen molar-refractivity contribution in [2.45, 2.75) is 19.8 Å². The Balaban J connectivity index is 1.46. The molecule has 2 heterocycles. The van der Waals surface area contributed by atoms with Crippen molar-refractivity contribution in [3.05, 3.63) is 66.1 Å². The van der Waals surface area contributed by atoms with Crippen molar-refractivity contribution in [3.8, 4) is 11.4 Å². The average molecular weight is 379 g/mol. The summed E-state index contributed by atoms with van der Waals surface area (Å²) in [6.45, 7) is 3.42. The van der Waals surface area contributed by atoms with E-state index in [0.717, 1.165) is 36.5 Å². The number of aryl methyl sites for hydroxylation is 1. The smallest absolute Gasteiger partial charge is 0.271 e. The van der Waals surface area contributed by atoms with Gasteiger partial charge in [0.2, 0.25) is 0 Å². The molecule has 0 unspecified atom stereocenters. The predicted molar refractivity (Wildman–Crippen MR) is 109 cm³/mol. The highest BCUT2D eigenvalue weighted by molar-refractivity contribution is 5.92. The van der Waals surface area contributed by atoms with Gasteiger partial charge in [0.15, 0.2) is 5.69 Å². The predicted octanol–water partition coefficient (Wildman–Crippen LogP) is 3.21. The fourth-order valence-corrected chi connectivity index (χ4v) is 2.78. The molecule has 2 N–H and O–H groups in total. The number of benzene rings is 1.